The Morgan fingerprint density at radius 2 is 1.92 bits per heavy atom. The number of carbonyl (C=O) groups is 1. The first-order valence-corrected chi connectivity index (χ1v) is 8.10. The molecule has 0 spiro atoms. The van der Waals surface area contributed by atoms with Crippen molar-refractivity contribution in [2.24, 2.45) is 0 Å². The van der Waals surface area contributed by atoms with Crippen LogP contribution in [0.1, 0.15) is 6.92 Å². The second-order valence-corrected chi connectivity index (χ2v) is 5.96. The van der Waals surface area contributed by atoms with Gasteiger partial charge >= 0.3 is 0 Å². The van der Waals surface area contributed by atoms with E-state index in [0.717, 1.165) is 23.6 Å². The lowest BCUT2D eigenvalue weighted by atomic mass is 10.2. The number of hydrogen-bond acceptors (Lipinski definition) is 5. The van der Waals surface area contributed by atoms with Gasteiger partial charge in [-0.05, 0) is 0 Å². The van der Waals surface area contributed by atoms with E-state index in [1.807, 2.05) is 48.1 Å². The predicted molar refractivity (Wildman–Crippen MR) is 95.9 cm³/mol. The molecule has 0 unspecified atom stereocenters. The molecule has 0 fully saturated rings. The Kier molecular flexibility index (Phi) is 3.68. The molecule has 4 rings (SSSR count). The molecule has 0 N–H and O–H groups in total. The number of carbonyl (C=O) groups excluding carboxylic acids is 1. The molecule has 25 heavy (non-hydrogen) atoms. The molecule has 126 valence electrons. The molecule has 2 aromatic heterocycles. The summed E-state index contributed by atoms with van der Waals surface area (Å²) < 4.78 is 1.84. The number of hydrogen-bond donors (Lipinski definition) is 0. The minimum Gasteiger partial charge on any atom is -0.369 e. The van der Waals surface area contributed by atoms with E-state index in [0.29, 0.717) is 18.3 Å². The fourth-order valence-electron chi connectivity index (χ4n) is 2.99. The maximum absolute atomic E-state index is 12.0. The van der Waals surface area contributed by atoms with Crippen molar-refractivity contribution < 1.29 is 4.79 Å². The van der Waals surface area contributed by atoms with Crippen molar-refractivity contribution in [3.63, 3.8) is 0 Å². The van der Waals surface area contributed by atoms with Gasteiger partial charge in [-0.3, -0.25) is 14.3 Å². The third-order valence-electron chi connectivity index (χ3n) is 4.33. The van der Waals surface area contributed by atoms with Crippen LogP contribution in [0.3, 0.4) is 0 Å². The van der Waals surface area contributed by atoms with E-state index in [-0.39, 0.29) is 5.91 Å². The van der Waals surface area contributed by atoms with Crippen molar-refractivity contribution in [2.45, 2.75) is 6.92 Å². The zero-order chi connectivity index (χ0) is 17.4. The number of nitrogens with zero attached hydrogens (tertiary/aromatic N) is 6. The molecule has 1 amide bonds. The number of aromatic nitrogens is 4. The molecule has 7 nitrogen and oxygen atoms in total. The normalized spacial score (nSPS) is 13.7. The van der Waals surface area contributed by atoms with Crippen molar-refractivity contribution >= 4 is 17.4 Å². The lowest BCUT2D eigenvalue weighted by molar-refractivity contribution is -0.116. The number of likely N-dealkylation sites (N-methyl/N-ethyl adjacent to an activating group) is 1. The fraction of sp³-hybridized carbons (Fsp3) is 0.222. The van der Waals surface area contributed by atoms with Gasteiger partial charge in [0, 0.05) is 45.0 Å². The van der Waals surface area contributed by atoms with Crippen molar-refractivity contribution in [3.8, 4) is 17.3 Å². The molecule has 1 aliphatic rings. The molecule has 3 heterocycles. The molecule has 1 aliphatic heterocycles. The Hall–Kier alpha value is -3.22. The Bertz CT molecular complexity index is 920. The lowest BCUT2D eigenvalue weighted by Gasteiger charge is -2.33. The maximum Gasteiger partial charge on any atom is 0.237 e. The highest BCUT2D eigenvalue weighted by Crippen LogP contribution is 2.31. The summed E-state index contributed by atoms with van der Waals surface area (Å²) in [5.74, 6) is 1.88. The topological polar surface area (TPSA) is 67.2 Å². The number of anilines is 2. The second kappa shape index (κ2) is 6.01. The first-order valence-electron chi connectivity index (χ1n) is 8.10. The third kappa shape index (κ3) is 2.63. The van der Waals surface area contributed by atoms with Crippen molar-refractivity contribution in [3.05, 3.63) is 48.9 Å². The average Bonchev–Trinajstić information content (AvgIpc) is 3.12. The van der Waals surface area contributed by atoms with Crippen LogP contribution in [0.4, 0.5) is 11.5 Å². The highest BCUT2D eigenvalue weighted by molar-refractivity contribution is 5.94. The summed E-state index contributed by atoms with van der Waals surface area (Å²) in [6.45, 7) is 2.93. The molecule has 0 saturated heterocycles. The van der Waals surface area contributed by atoms with Gasteiger partial charge in [0.15, 0.2) is 5.82 Å². The molecule has 0 aliphatic carbocycles. The summed E-state index contributed by atoms with van der Waals surface area (Å²) in [4.78, 5) is 29.3. The highest BCUT2D eigenvalue weighted by Gasteiger charge is 2.26. The average molecular weight is 334 g/mol. The van der Waals surface area contributed by atoms with E-state index < -0.39 is 0 Å². The fourth-order valence-corrected chi connectivity index (χ4v) is 2.99. The summed E-state index contributed by atoms with van der Waals surface area (Å²) in [7, 11) is 1.98. The molecule has 7 heteroatoms. The van der Waals surface area contributed by atoms with Crippen LogP contribution in [-0.2, 0) is 4.79 Å². The van der Waals surface area contributed by atoms with E-state index >= 15 is 0 Å². The van der Waals surface area contributed by atoms with E-state index in [9.17, 15) is 4.79 Å². The van der Waals surface area contributed by atoms with Crippen LogP contribution in [0, 0.1) is 0 Å². The summed E-state index contributed by atoms with van der Waals surface area (Å²) in [5, 5.41) is 0. The standard InChI is InChI=1S/C18H18N6O/c1-13(25)23-11-10-22(2)15-12-20-18(21-17(15)23)24-9-8-19-16(24)14-6-4-3-5-7-14/h3-9,12H,10-11H2,1-2H3. The summed E-state index contributed by atoms with van der Waals surface area (Å²) in [6.07, 6.45) is 5.32. The molecule has 0 radical (unpaired) electrons. The quantitative estimate of drug-likeness (QED) is 0.718. The van der Waals surface area contributed by atoms with Gasteiger partial charge in [-0.1, -0.05) is 30.3 Å². The van der Waals surface area contributed by atoms with Gasteiger partial charge in [0.2, 0.25) is 11.9 Å². The molecule has 3 aromatic rings. The minimum absolute atomic E-state index is 0.0205. The van der Waals surface area contributed by atoms with E-state index in [2.05, 4.69) is 19.9 Å². The molecule has 0 bridgehead atoms. The van der Waals surface area contributed by atoms with Gasteiger partial charge in [-0.15, -0.1) is 0 Å². The summed E-state index contributed by atoms with van der Waals surface area (Å²) in [6, 6.07) is 9.88. The Morgan fingerprint density at radius 3 is 2.68 bits per heavy atom. The smallest absolute Gasteiger partial charge is 0.237 e. The van der Waals surface area contributed by atoms with Gasteiger partial charge in [0.1, 0.15) is 5.82 Å². The zero-order valence-corrected chi connectivity index (χ0v) is 14.1. The summed E-state index contributed by atoms with van der Waals surface area (Å²) >= 11 is 0. The first kappa shape index (κ1) is 15.3. The van der Waals surface area contributed by atoms with Crippen molar-refractivity contribution in [1.29, 1.82) is 0 Å². The second-order valence-electron chi connectivity index (χ2n) is 5.96. The Balaban J connectivity index is 1.83. The van der Waals surface area contributed by atoms with E-state index in [1.165, 1.54) is 0 Å². The number of fused-ring (bicyclic) bond motifs is 1. The van der Waals surface area contributed by atoms with Gasteiger partial charge in [-0.2, -0.15) is 4.98 Å². The maximum atomic E-state index is 12.0. The lowest BCUT2D eigenvalue weighted by Crippen LogP contribution is -2.42. The molecular weight excluding hydrogens is 316 g/mol. The van der Waals surface area contributed by atoms with Gasteiger partial charge in [-0.25, -0.2) is 9.97 Å². The largest absolute Gasteiger partial charge is 0.369 e. The molecule has 0 atom stereocenters. The summed E-state index contributed by atoms with van der Waals surface area (Å²) in [5.41, 5.74) is 1.83. The van der Waals surface area contributed by atoms with Crippen LogP contribution < -0.4 is 9.80 Å². The predicted octanol–water partition coefficient (Wildman–Crippen LogP) is 2.13. The Morgan fingerprint density at radius 1 is 1.12 bits per heavy atom. The van der Waals surface area contributed by atoms with Crippen LogP contribution >= 0.6 is 0 Å². The van der Waals surface area contributed by atoms with Crippen molar-refractivity contribution in [1.82, 2.24) is 19.5 Å². The van der Waals surface area contributed by atoms with Gasteiger partial charge in [0.05, 0.1) is 11.9 Å². The van der Waals surface area contributed by atoms with Crippen LogP contribution in [0.2, 0.25) is 0 Å². The van der Waals surface area contributed by atoms with Gasteiger partial charge in [0.25, 0.3) is 0 Å². The SMILES string of the molecule is CC(=O)N1CCN(C)c2cnc(-n3ccnc3-c3ccccc3)nc21. The molecule has 1 aromatic carbocycles. The minimum atomic E-state index is -0.0205. The van der Waals surface area contributed by atoms with Crippen LogP contribution in [0.15, 0.2) is 48.9 Å². The zero-order valence-electron chi connectivity index (χ0n) is 14.1. The highest BCUT2D eigenvalue weighted by atomic mass is 16.2. The third-order valence-corrected chi connectivity index (χ3v) is 4.33. The van der Waals surface area contributed by atoms with Crippen molar-refractivity contribution in [2.75, 3.05) is 29.9 Å². The van der Waals surface area contributed by atoms with Crippen LogP contribution in [0.5, 0.6) is 0 Å². The monoisotopic (exact) mass is 334 g/mol. The number of benzene rings is 1. The van der Waals surface area contributed by atoms with Crippen LogP contribution in [-0.4, -0.2) is 45.6 Å². The van der Waals surface area contributed by atoms with E-state index in [4.69, 9.17) is 0 Å². The Labute approximate surface area is 145 Å². The molecule has 0 saturated carbocycles. The number of imidazole rings is 1. The van der Waals surface area contributed by atoms with Gasteiger partial charge < -0.3 is 4.90 Å². The number of amides is 1. The van der Waals surface area contributed by atoms with E-state index in [1.54, 1.807) is 24.2 Å². The van der Waals surface area contributed by atoms with Crippen LogP contribution in [0.25, 0.3) is 17.3 Å². The number of rotatable bonds is 2. The first-order chi connectivity index (χ1) is 12.1. The molecular formula is C18H18N6O.